The lowest BCUT2D eigenvalue weighted by Gasteiger charge is -2.39. The van der Waals surface area contributed by atoms with Gasteiger partial charge in [-0.05, 0) is 48.6 Å². The van der Waals surface area contributed by atoms with Gasteiger partial charge in [0, 0.05) is 14.2 Å². The van der Waals surface area contributed by atoms with Gasteiger partial charge in [-0.15, -0.1) is 0 Å². The van der Waals surface area contributed by atoms with E-state index in [0.717, 1.165) is 5.92 Å². The van der Waals surface area contributed by atoms with Crippen LogP contribution in [0.2, 0.25) is 0 Å². The van der Waals surface area contributed by atoms with Crippen LogP contribution in [0.5, 0.6) is 0 Å². The molecule has 0 spiro atoms. The summed E-state index contributed by atoms with van der Waals surface area (Å²) < 4.78 is 4.25. The molecular formula is C20H34O. The van der Waals surface area contributed by atoms with E-state index in [-0.39, 0.29) is 0 Å². The van der Waals surface area contributed by atoms with E-state index in [1.807, 2.05) is 0 Å². The number of benzene rings is 1. The molecule has 1 fully saturated rings. The zero-order chi connectivity index (χ0) is 15.9. The van der Waals surface area contributed by atoms with Crippen molar-refractivity contribution in [3.05, 3.63) is 34.9 Å². The van der Waals surface area contributed by atoms with E-state index >= 15 is 0 Å². The van der Waals surface area contributed by atoms with Crippen molar-refractivity contribution in [1.82, 2.24) is 0 Å². The molecule has 1 heteroatoms. The van der Waals surface area contributed by atoms with E-state index in [0.29, 0.717) is 5.41 Å². The molecule has 1 aliphatic carbocycles. The molecule has 0 bridgehead atoms. The van der Waals surface area contributed by atoms with E-state index in [2.05, 4.69) is 50.6 Å². The Bertz CT molecular complexity index is 424. The molecule has 0 saturated heterocycles. The minimum atomic E-state index is 0.426. The van der Waals surface area contributed by atoms with Crippen LogP contribution in [0.15, 0.2) is 18.2 Å². The zero-order valence-electron chi connectivity index (χ0n) is 15.0. The Balaban J connectivity index is 0.000000677. The SMILES string of the molecule is CCCc1cc(C)ccc1[C@@]1(C)CCC[C@H](C)C1.COC. The van der Waals surface area contributed by atoms with Crippen molar-refractivity contribution in [3.63, 3.8) is 0 Å². The van der Waals surface area contributed by atoms with Crippen molar-refractivity contribution < 1.29 is 4.74 Å². The molecule has 0 amide bonds. The topological polar surface area (TPSA) is 9.23 Å². The lowest BCUT2D eigenvalue weighted by atomic mass is 9.66. The van der Waals surface area contributed by atoms with E-state index in [4.69, 9.17) is 0 Å². The average molecular weight is 290 g/mol. The minimum absolute atomic E-state index is 0.426. The second kappa shape index (κ2) is 8.58. The van der Waals surface area contributed by atoms with Crippen molar-refractivity contribution >= 4 is 0 Å². The van der Waals surface area contributed by atoms with Gasteiger partial charge in [0.1, 0.15) is 0 Å². The summed E-state index contributed by atoms with van der Waals surface area (Å²) in [6.45, 7) is 9.42. The van der Waals surface area contributed by atoms with Gasteiger partial charge in [-0.2, -0.15) is 0 Å². The van der Waals surface area contributed by atoms with Gasteiger partial charge in [-0.1, -0.05) is 63.8 Å². The Kier molecular flexibility index (Phi) is 7.45. The molecule has 21 heavy (non-hydrogen) atoms. The van der Waals surface area contributed by atoms with E-state index in [9.17, 15) is 0 Å². The molecule has 2 rings (SSSR count). The zero-order valence-corrected chi connectivity index (χ0v) is 15.0. The maximum atomic E-state index is 4.25. The summed E-state index contributed by atoms with van der Waals surface area (Å²) in [5, 5.41) is 0. The number of hydrogen-bond donors (Lipinski definition) is 0. The van der Waals surface area contributed by atoms with Gasteiger partial charge in [-0.3, -0.25) is 0 Å². The Morgan fingerprint density at radius 1 is 1.29 bits per heavy atom. The lowest BCUT2D eigenvalue weighted by Crippen LogP contribution is -2.30. The van der Waals surface area contributed by atoms with Crippen LogP contribution in [0.1, 0.15) is 69.6 Å². The Labute approximate surface area is 132 Å². The summed E-state index contributed by atoms with van der Waals surface area (Å²) in [5.41, 5.74) is 5.08. The molecule has 0 aromatic heterocycles. The summed E-state index contributed by atoms with van der Waals surface area (Å²) in [6, 6.07) is 7.14. The molecule has 0 radical (unpaired) electrons. The standard InChI is InChI=1S/C18H28.C2H6O/c1-5-7-16-12-14(2)9-10-17(16)18(4)11-6-8-15(3)13-18;1-3-2/h9-10,12,15H,5-8,11,13H2,1-4H3;1-2H3/t15-,18-;/m0./s1. The quantitative estimate of drug-likeness (QED) is 0.696. The highest BCUT2D eigenvalue weighted by molar-refractivity contribution is 5.37. The van der Waals surface area contributed by atoms with Crippen molar-refractivity contribution in [2.45, 2.75) is 71.6 Å². The van der Waals surface area contributed by atoms with Gasteiger partial charge in [0.15, 0.2) is 0 Å². The van der Waals surface area contributed by atoms with Gasteiger partial charge in [0.2, 0.25) is 0 Å². The summed E-state index contributed by atoms with van der Waals surface area (Å²) in [6.07, 6.45) is 8.05. The van der Waals surface area contributed by atoms with Crippen LogP contribution < -0.4 is 0 Å². The molecule has 1 aromatic carbocycles. The third-order valence-corrected chi connectivity index (χ3v) is 4.65. The van der Waals surface area contributed by atoms with Crippen molar-refractivity contribution in [2.24, 2.45) is 5.92 Å². The number of hydrogen-bond acceptors (Lipinski definition) is 1. The minimum Gasteiger partial charge on any atom is -0.388 e. The van der Waals surface area contributed by atoms with Crippen molar-refractivity contribution in [2.75, 3.05) is 14.2 Å². The summed E-state index contributed by atoms with van der Waals surface area (Å²) in [7, 11) is 3.25. The van der Waals surface area contributed by atoms with Crippen LogP contribution in [0.4, 0.5) is 0 Å². The van der Waals surface area contributed by atoms with Crippen LogP contribution in [-0.2, 0) is 16.6 Å². The molecule has 1 nitrogen and oxygen atoms in total. The smallest absolute Gasteiger partial charge is 0.0351 e. The van der Waals surface area contributed by atoms with E-state index in [1.54, 1.807) is 25.3 Å². The molecule has 0 aliphatic heterocycles. The van der Waals surface area contributed by atoms with Crippen molar-refractivity contribution in [1.29, 1.82) is 0 Å². The molecule has 0 N–H and O–H groups in total. The lowest BCUT2D eigenvalue weighted by molar-refractivity contribution is 0.251. The summed E-state index contributed by atoms with van der Waals surface area (Å²) in [4.78, 5) is 0. The Hall–Kier alpha value is -0.820. The number of rotatable bonds is 3. The summed E-state index contributed by atoms with van der Waals surface area (Å²) in [5.74, 6) is 0.888. The number of ether oxygens (including phenoxy) is 1. The molecule has 0 heterocycles. The van der Waals surface area contributed by atoms with Crippen LogP contribution in [-0.4, -0.2) is 14.2 Å². The van der Waals surface area contributed by atoms with Crippen LogP contribution in [0, 0.1) is 12.8 Å². The normalized spacial score (nSPS) is 25.1. The fourth-order valence-electron chi connectivity index (χ4n) is 3.85. The third kappa shape index (κ3) is 5.14. The third-order valence-electron chi connectivity index (χ3n) is 4.65. The van der Waals surface area contributed by atoms with Crippen LogP contribution >= 0.6 is 0 Å². The average Bonchev–Trinajstić information content (AvgIpc) is 2.39. The van der Waals surface area contributed by atoms with E-state index in [1.165, 1.54) is 44.1 Å². The highest BCUT2D eigenvalue weighted by atomic mass is 16.4. The second-order valence-electron chi connectivity index (χ2n) is 7.08. The second-order valence-corrected chi connectivity index (χ2v) is 7.08. The fraction of sp³-hybridized carbons (Fsp3) is 0.700. The first-order chi connectivity index (χ1) is 9.96. The molecule has 120 valence electrons. The molecule has 1 aromatic rings. The van der Waals surface area contributed by atoms with Crippen LogP contribution in [0.25, 0.3) is 0 Å². The maximum Gasteiger partial charge on any atom is 0.0351 e. The van der Waals surface area contributed by atoms with Crippen molar-refractivity contribution in [3.8, 4) is 0 Å². The predicted molar refractivity (Wildman–Crippen MR) is 93.1 cm³/mol. The van der Waals surface area contributed by atoms with Crippen LogP contribution in [0.3, 0.4) is 0 Å². The molecule has 0 unspecified atom stereocenters. The molecule has 1 aliphatic rings. The number of methoxy groups -OCH3 is 1. The Morgan fingerprint density at radius 2 is 1.95 bits per heavy atom. The van der Waals surface area contributed by atoms with Gasteiger partial charge in [0.05, 0.1) is 0 Å². The highest BCUT2D eigenvalue weighted by Gasteiger charge is 2.33. The first-order valence-corrected chi connectivity index (χ1v) is 8.47. The first kappa shape index (κ1) is 18.2. The van der Waals surface area contributed by atoms with Gasteiger partial charge in [-0.25, -0.2) is 0 Å². The highest BCUT2D eigenvalue weighted by Crippen LogP contribution is 2.43. The molecule has 1 saturated carbocycles. The molecule has 2 atom stereocenters. The first-order valence-electron chi connectivity index (χ1n) is 8.47. The largest absolute Gasteiger partial charge is 0.388 e. The van der Waals surface area contributed by atoms with E-state index < -0.39 is 0 Å². The van der Waals surface area contributed by atoms with Gasteiger partial charge in [0.25, 0.3) is 0 Å². The monoisotopic (exact) mass is 290 g/mol. The molecular weight excluding hydrogens is 256 g/mol. The maximum absolute atomic E-state index is 4.25. The Morgan fingerprint density at radius 3 is 2.52 bits per heavy atom. The predicted octanol–water partition coefficient (Wildman–Crippen LogP) is 5.68. The fourth-order valence-corrected chi connectivity index (χ4v) is 3.85. The summed E-state index contributed by atoms with van der Waals surface area (Å²) >= 11 is 0. The van der Waals surface area contributed by atoms with Gasteiger partial charge >= 0.3 is 0 Å². The number of aryl methyl sites for hydroxylation is 2. The van der Waals surface area contributed by atoms with Gasteiger partial charge < -0.3 is 4.74 Å².